The lowest BCUT2D eigenvalue weighted by atomic mass is 9.93. The fraction of sp³-hybridized carbons (Fsp3) is 0.611. The van der Waals surface area contributed by atoms with E-state index in [0.717, 1.165) is 12.3 Å². The summed E-state index contributed by atoms with van der Waals surface area (Å²) in [6, 6.07) is 10.2. The molecule has 0 saturated carbocycles. The predicted molar refractivity (Wildman–Crippen MR) is 91.1 cm³/mol. The van der Waals surface area contributed by atoms with Crippen molar-refractivity contribution in [3.63, 3.8) is 0 Å². The van der Waals surface area contributed by atoms with Crippen molar-refractivity contribution in [1.29, 1.82) is 0 Å². The van der Waals surface area contributed by atoms with Gasteiger partial charge in [0.05, 0.1) is 0 Å². The summed E-state index contributed by atoms with van der Waals surface area (Å²) in [5.41, 5.74) is 7.34. The monoisotopic (exact) mass is 292 g/mol. The zero-order chi connectivity index (χ0) is 16.3. The van der Waals surface area contributed by atoms with E-state index in [-0.39, 0.29) is 17.9 Å². The van der Waals surface area contributed by atoms with Gasteiger partial charge in [-0.3, -0.25) is 4.79 Å². The van der Waals surface area contributed by atoms with Gasteiger partial charge in [-0.05, 0) is 30.7 Å². The summed E-state index contributed by atoms with van der Waals surface area (Å²) in [6.45, 7) is 11.1. The van der Waals surface area contributed by atoms with Crippen LogP contribution >= 0.6 is 0 Å². The van der Waals surface area contributed by atoms with Crippen LogP contribution in [-0.2, 0) is 11.2 Å². The maximum Gasteiger partial charge on any atom is 0.220 e. The predicted octanol–water partition coefficient (Wildman–Crippen LogP) is 3.38. The average Bonchev–Trinajstić information content (AvgIpc) is 2.39. The zero-order valence-corrected chi connectivity index (χ0v) is 14.2. The van der Waals surface area contributed by atoms with Crippen LogP contribution in [0.3, 0.4) is 0 Å². The highest BCUT2D eigenvalue weighted by atomic mass is 16.1. The number of nitrogens with two attached hydrogens (primary N) is 1. The minimum atomic E-state index is 0.0278. The molecule has 0 aliphatic carbocycles. The van der Waals surface area contributed by atoms with Crippen LogP contribution in [0.5, 0.6) is 0 Å². The minimum Gasteiger partial charge on any atom is -0.356 e. The van der Waals surface area contributed by atoms with Crippen LogP contribution in [0.25, 0.3) is 0 Å². The Morgan fingerprint density at radius 2 is 1.67 bits per heavy atom. The molecule has 0 bridgehead atoms. The summed E-state index contributed by atoms with van der Waals surface area (Å²) in [4.78, 5) is 11.4. The second-order valence-corrected chi connectivity index (χ2v) is 6.22. The number of hydrogen-bond donors (Lipinski definition) is 2. The van der Waals surface area contributed by atoms with Gasteiger partial charge >= 0.3 is 0 Å². The molecule has 0 saturated heterocycles. The molecule has 1 rings (SSSR count). The van der Waals surface area contributed by atoms with Gasteiger partial charge in [-0.25, -0.2) is 0 Å². The molecule has 0 aliphatic rings. The van der Waals surface area contributed by atoms with Gasteiger partial charge in [0.1, 0.15) is 0 Å². The lowest BCUT2D eigenvalue weighted by molar-refractivity contribution is -0.121. The van der Waals surface area contributed by atoms with E-state index >= 15 is 0 Å². The van der Waals surface area contributed by atoms with E-state index in [1.165, 1.54) is 5.56 Å². The molecule has 1 aromatic rings. The van der Waals surface area contributed by atoms with Gasteiger partial charge < -0.3 is 11.1 Å². The van der Waals surface area contributed by atoms with Gasteiger partial charge in [0.25, 0.3) is 0 Å². The van der Waals surface area contributed by atoms with E-state index in [0.29, 0.717) is 13.0 Å². The third-order valence-electron chi connectivity index (χ3n) is 2.93. The average molecular weight is 292 g/mol. The third-order valence-corrected chi connectivity index (χ3v) is 2.93. The Kier molecular flexibility index (Phi) is 10.6. The number of nitrogens with one attached hydrogen (secondary N) is 1. The van der Waals surface area contributed by atoms with Gasteiger partial charge in [0.15, 0.2) is 0 Å². The van der Waals surface area contributed by atoms with Crippen LogP contribution in [0.2, 0.25) is 0 Å². The number of carbonyl (C=O) groups is 1. The second kappa shape index (κ2) is 11.3. The Hall–Kier alpha value is -1.35. The Morgan fingerprint density at radius 3 is 2.14 bits per heavy atom. The number of hydrogen-bond acceptors (Lipinski definition) is 2. The fourth-order valence-corrected chi connectivity index (χ4v) is 1.80. The first-order valence-corrected chi connectivity index (χ1v) is 7.93. The Bertz CT molecular complexity index is 373. The topological polar surface area (TPSA) is 55.1 Å². The molecule has 2 atom stereocenters. The lowest BCUT2D eigenvalue weighted by Crippen LogP contribution is -2.35. The highest BCUT2D eigenvalue weighted by Crippen LogP contribution is 2.11. The molecule has 21 heavy (non-hydrogen) atoms. The first-order valence-electron chi connectivity index (χ1n) is 7.93. The van der Waals surface area contributed by atoms with E-state index < -0.39 is 0 Å². The van der Waals surface area contributed by atoms with Crippen molar-refractivity contribution in [1.82, 2.24) is 5.32 Å². The number of carbonyl (C=O) groups excluding carboxylic acids is 1. The fourth-order valence-electron chi connectivity index (χ4n) is 1.80. The van der Waals surface area contributed by atoms with Crippen molar-refractivity contribution in [3.8, 4) is 0 Å². The molecule has 3 heteroatoms. The van der Waals surface area contributed by atoms with Gasteiger partial charge in [-0.15, -0.1) is 0 Å². The molecule has 0 fully saturated rings. The van der Waals surface area contributed by atoms with Crippen LogP contribution in [0, 0.1) is 11.8 Å². The summed E-state index contributed by atoms with van der Waals surface area (Å²) >= 11 is 0. The van der Waals surface area contributed by atoms with E-state index in [1.54, 1.807) is 0 Å². The Labute approximate surface area is 130 Å². The summed E-state index contributed by atoms with van der Waals surface area (Å²) < 4.78 is 0. The van der Waals surface area contributed by atoms with Crippen LogP contribution in [0.15, 0.2) is 30.3 Å². The molecule has 0 heterocycles. The normalized spacial score (nSPS) is 13.1. The molecule has 0 spiro atoms. The van der Waals surface area contributed by atoms with Crippen molar-refractivity contribution in [3.05, 3.63) is 35.9 Å². The maximum absolute atomic E-state index is 11.4. The number of amides is 1. The quantitative estimate of drug-likeness (QED) is 0.844. The van der Waals surface area contributed by atoms with Gasteiger partial charge in [-0.2, -0.15) is 0 Å². The minimum absolute atomic E-state index is 0.0278. The van der Waals surface area contributed by atoms with Gasteiger partial charge in [0.2, 0.25) is 5.91 Å². The molecule has 0 unspecified atom stereocenters. The molecule has 0 aliphatic heterocycles. The summed E-state index contributed by atoms with van der Waals surface area (Å²) in [6.07, 6.45) is 1.32. The number of benzene rings is 1. The molecule has 1 amide bonds. The van der Waals surface area contributed by atoms with Gasteiger partial charge in [-0.1, -0.05) is 58.0 Å². The van der Waals surface area contributed by atoms with Crippen LogP contribution in [0.1, 0.15) is 46.6 Å². The first kappa shape index (κ1) is 19.7. The molecule has 0 aromatic heterocycles. The Balaban J connectivity index is 0.000000885. The van der Waals surface area contributed by atoms with Crippen molar-refractivity contribution >= 4 is 5.91 Å². The second-order valence-electron chi connectivity index (χ2n) is 6.22. The van der Waals surface area contributed by atoms with Gasteiger partial charge in [0, 0.05) is 19.0 Å². The molecular weight excluding hydrogens is 260 g/mol. The Morgan fingerprint density at radius 1 is 1.14 bits per heavy atom. The molecule has 0 radical (unpaired) electrons. The molecule has 3 N–H and O–H groups in total. The van der Waals surface area contributed by atoms with Crippen LogP contribution in [0.4, 0.5) is 0 Å². The van der Waals surface area contributed by atoms with Crippen molar-refractivity contribution < 1.29 is 4.79 Å². The third kappa shape index (κ3) is 11.0. The molecule has 1 aromatic carbocycles. The molecule has 3 nitrogen and oxygen atoms in total. The van der Waals surface area contributed by atoms with Crippen LogP contribution in [-0.4, -0.2) is 18.5 Å². The highest BCUT2D eigenvalue weighted by Gasteiger charge is 2.16. The van der Waals surface area contributed by atoms with E-state index in [4.69, 9.17) is 5.73 Å². The SMILES string of the molecule is CC(C)C.CCNC(=O)C[C@H](C)[C@@H](N)Cc1ccccc1. The maximum atomic E-state index is 11.4. The van der Waals surface area contributed by atoms with Crippen molar-refractivity contribution in [2.75, 3.05) is 6.54 Å². The molecule has 120 valence electrons. The lowest BCUT2D eigenvalue weighted by Gasteiger charge is -2.19. The van der Waals surface area contributed by atoms with E-state index in [2.05, 4.69) is 38.2 Å². The largest absolute Gasteiger partial charge is 0.356 e. The number of rotatable bonds is 6. The van der Waals surface area contributed by atoms with Crippen LogP contribution < -0.4 is 11.1 Å². The zero-order valence-electron chi connectivity index (χ0n) is 14.2. The highest BCUT2D eigenvalue weighted by molar-refractivity contribution is 5.76. The van der Waals surface area contributed by atoms with Crippen molar-refractivity contribution in [2.24, 2.45) is 17.6 Å². The smallest absolute Gasteiger partial charge is 0.220 e. The summed E-state index contributed by atoms with van der Waals surface area (Å²) in [5, 5.41) is 2.80. The summed E-state index contributed by atoms with van der Waals surface area (Å²) in [7, 11) is 0. The first-order chi connectivity index (χ1) is 9.86. The van der Waals surface area contributed by atoms with E-state index in [9.17, 15) is 4.79 Å². The van der Waals surface area contributed by atoms with Crippen molar-refractivity contribution in [2.45, 2.75) is 53.5 Å². The van der Waals surface area contributed by atoms with E-state index in [1.807, 2.05) is 32.0 Å². The molecular formula is C18H32N2O. The summed E-state index contributed by atoms with van der Waals surface area (Å²) in [5.74, 6) is 1.12. The standard InChI is InChI=1S/C14H22N2O.C4H10/c1-3-16-14(17)9-11(2)13(15)10-12-7-5-4-6-8-12;1-4(2)3/h4-8,11,13H,3,9-10,15H2,1-2H3,(H,16,17);4H,1-3H3/t11-,13-;/m0./s1.